The van der Waals surface area contributed by atoms with E-state index in [4.69, 9.17) is 9.47 Å². The minimum atomic E-state index is 0.0525. The van der Waals surface area contributed by atoms with Crippen LogP contribution in [-0.2, 0) is 14.9 Å². The second-order valence-corrected chi connectivity index (χ2v) is 4.30. The van der Waals surface area contributed by atoms with Crippen molar-refractivity contribution in [3.63, 3.8) is 0 Å². The van der Waals surface area contributed by atoms with Crippen molar-refractivity contribution >= 4 is 0 Å². The molecule has 3 rings (SSSR count). The van der Waals surface area contributed by atoms with Crippen LogP contribution in [0.3, 0.4) is 0 Å². The summed E-state index contributed by atoms with van der Waals surface area (Å²) in [6.07, 6.45) is 2.20. The van der Waals surface area contributed by atoms with E-state index < -0.39 is 0 Å². The van der Waals surface area contributed by atoms with Crippen LogP contribution >= 0.6 is 0 Å². The Kier molecular flexibility index (Phi) is 2.27. The van der Waals surface area contributed by atoms with E-state index in [1.807, 2.05) is 12.3 Å². The summed E-state index contributed by atoms with van der Waals surface area (Å²) in [6.45, 7) is 4.20. The molecule has 2 aliphatic rings. The van der Waals surface area contributed by atoms with E-state index in [1.54, 1.807) is 0 Å². The molecule has 2 aliphatic heterocycles. The number of H-pyrrole nitrogens is 1. The van der Waals surface area contributed by atoms with E-state index >= 15 is 0 Å². The van der Waals surface area contributed by atoms with Crippen molar-refractivity contribution < 1.29 is 9.47 Å². The molecule has 0 bridgehead atoms. The molecule has 15 heavy (non-hydrogen) atoms. The Hall–Kier alpha value is -0.840. The Bertz CT molecular complexity index is 313. The first kappa shape index (κ1) is 9.39. The first-order valence-corrected chi connectivity index (χ1v) is 5.46. The third kappa shape index (κ3) is 1.40. The van der Waals surface area contributed by atoms with Gasteiger partial charge in [-0.15, -0.1) is 0 Å². The molecule has 2 saturated heterocycles. The average molecular weight is 208 g/mol. The molecular formula is C11H16N2O2. The predicted molar refractivity (Wildman–Crippen MR) is 55.9 cm³/mol. The standard InChI is InChI=1S/C11H16N2O2/c1-2-9(13-3-1)11(7-14-8-11)10-6-12-4-5-15-10/h1-3,10,12-13H,4-8H2. The number of nitrogens with one attached hydrogen (secondary N) is 2. The van der Waals surface area contributed by atoms with Gasteiger partial charge in [0.2, 0.25) is 0 Å². The summed E-state index contributed by atoms with van der Waals surface area (Å²) in [5, 5.41) is 3.38. The summed E-state index contributed by atoms with van der Waals surface area (Å²) in [6, 6.07) is 4.16. The molecule has 2 N–H and O–H groups in total. The van der Waals surface area contributed by atoms with Crippen molar-refractivity contribution in [1.82, 2.24) is 10.3 Å². The van der Waals surface area contributed by atoms with E-state index in [1.165, 1.54) is 5.69 Å². The van der Waals surface area contributed by atoms with Gasteiger partial charge in [-0.25, -0.2) is 0 Å². The van der Waals surface area contributed by atoms with E-state index in [-0.39, 0.29) is 11.5 Å². The molecule has 1 unspecified atom stereocenters. The van der Waals surface area contributed by atoms with Gasteiger partial charge >= 0.3 is 0 Å². The Morgan fingerprint density at radius 3 is 2.87 bits per heavy atom. The van der Waals surface area contributed by atoms with Crippen LogP contribution in [0.15, 0.2) is 18.3 Å². The molecule has 2 fully saturated rings. The summed E-state index contributed by atoms with van der Waals surface area (Å²) < 4.78 is 11.2. The lowest BCUT2D eigenvalue weighted by atomic mass is 9.76. The second kappa shape index (κ2) is 3.63. The predicted octanol–water partition coefficient (Wildman–Crippen LogP) is 0.271. The average Bonchev–Trinajstić information content (AvgIpc) is 2.72. The fourth-order valence-corrected chi connectivity index (χ4v) is 2.40. The quantitative estimate of drug-likeness (QED) is 0.733. The van der Waals surface area contributed by atoms with E-state index in [9.17, 15) is 0 Å². The Morgan fingerprint density at radius 2 is 2.33 bits per heavy atom. The van der Waals surface area contributed by atoms with E-state index in [0.29, 0.717) is 0 Å². The lowest BCUT2D eigenvalue weighted by molar-refractivity contribution is -0.147. The molecule has 1 aromatic heterocycles. The number of ether oxygens (including phenoxy) is 2. The Morgan fingerprint density at radius 1 is 1.40 bits per heavy atom. The third-order valence-corrected chi connectivity index (χ3v) is 3.40. The molecule has 0 aromatic carbocycles. The van der Waals surface area contributed by atoms with E-state index in [0.717, 1.165) is 32.9 Å². The Labute approximate surface area is 89.0 Å². The maximum atomic E-state index is 5.85. The zero-order valence-corrected chi connectivity index (χ0v) is 8.66. The van der Waals surface area contributed by atoms with Crippen LogP contribution in [-0.4, -0.2) is 44.0 Å². The molecule has 4 heteroatoms. The van der Waals surface area contributed by atoms with Crippen LogP contribution in [0.2, 0.25) is 0 Å². The van der Waals surface area contributed by atoms with Gasteiger partial charge in [-0.3, -0.25) is 0 Å². The van der Waals surface area contributed by atoms with Crippen LogP contribution in [0, 0.1) is 0 Å². The molecule has 1 atom stereocenters. The van der Waals surface area contributed by atoms with Crippen molar-refractivity contribution in [1.29, 1.82) is 0 Å². The Balaban J connectivity index is 1.85. The molecule has 0 radical (unpaired) electrons. The zero-order chi connectivity index (χ0) is 10.1. The van der Waals surface area contributed by atoms with Crippen molar-refractivity contribution in [2.75, 3.05) is 32.9 Å². The number of hydrogen-bond donors (Lipinski definition) is 2. The van der Waals surface area contributed by atoms with Gasteiger partial charge in [0.05, 0.1) is 31.3 Å². The minimum Gasteiger partial charge on any atom is -0.379 e. The van der Waals surface area contributed by atoms with Gasteiger partial charge in [-0.2, -0.15) is 0 Å². The van der Waals surface area contributed by atoms with Gasteiger partial charge in [-0.05, 0) is 12.1 Å². The maximum absolute atomic E-state index is 5.85. The van der Waals surface area contributed by atoms with Crippen molar-refractivity contribution in [2.45, 2.75) is 11.5 Å². The summed E-state index contributed by atoms with van der Waals surface area (Å²) in [5.41, 5.74) is 1.29. The summed E-state index contributed by atoms with van der Waals surface area (Å²) >= 11 is 0. The summed E-state index contributed by atoms with van der Waals surface area (Å²) in [4.78, 5) is 3.29. The first-order chi connectivity index (χ1) is 7.42. The first-order valence-electron chi connectivity index (χ1n) is 5.46. The lowest BCUT2D eigenvalue weighted by Crippen LogP contribution is -2.61. The fourth-order valence-electron chi connectivity index (χ4n) is 2.40. The molecule has 0 spiro atoms. The highest BCUT2D eigenvalue weighted by Crippen LogP contribution is 2.36. The van der Waals surface area contributed by atoms with Gasteiger partial charge in [0.15, 0.2) is 0 Å². The van der Waals surface area contributed by atoms with Crippen molar-refractivity contribution in [3.8, 4) is 0 Å². The number of rotatable bonds is 2. The van der Waals surface area contributed by atoms with Crippen LogP contribution < -0.4 is 5.32 Å². The van der Waals surface area contributed by atoms with Crippen LogP contribution in [0.1, 0.15) is 5.69 Å². The van der Waals surface area contributed by atoms with Gasteiger partial charge < -0.3 is 19.8 Å². The van der Waals surface area contributed by atoms with Gasteiger partial charge in [0, 0.05) is 25.0 Å². The molecule has 82 valence electrons. The van der Waals surface area contributed by atoms with Crippen LogP contribution in [0.4, 0.5) is 0 Å². The molecule has 0 saturated carbocycles. The monoisotopic (exact) mass is 208 g/mol. The smallest absolute Gasteiger partial charge is 0.0855 e. The molecule has 0 aliphatic carbocycles. The number of morpholine rings is 1. The molecule has 4 nitrogen and oxygen atoms in total. The molecule has 0 amide bonds. The van der Waals surface area contributed by atoms with Gasteiger partial charge in [0.25, 0.3) is 0 Å². The highest BCUT2D eigenvalue weighted by Gasteiger charge is 2.49. The number of aromatic amines is 1. The van der Waals surface area contributed by atoms with Crippen molar-refractivity contribution in [2.24, 2.45) is 0 Å². The minimum absolute atomic E-state index is 0.0525. The SMILES string of the molecule is c1c[nH]c(C2(C3CNCCO3)COC2)c1. The molecule has 1 aromatic rings. The highest BCUT2D eigenvalue weighted by atomic mass is 16.5. The lowest BCUT2D eigenvalue weighted by Gasteiger charge is -2.47. The highest BCUT2D eigenvalue weighted by molar-refractivity contribution is 5.24. The maximum Gasteiger partial charge on any atom is 0.0855 e. The third-order valence-electron chi connectivity index (χ3n) is 3.40. The fraction of sp³-hybridized carbons (Fsp3) is 0.636. The molecule has 3 heterocycles. The van der Waals surface area contributed by atoms with Gasteiger partial charge in [0.1, 0.15) is 0 Å². The molecular weight excluding hydrogens is 192 g/mol. The van der Waals surface area contributed by atoms with Crippen molar-refractivity contribution in [3.05, 3.63) is 24.0 Å². The number of hydrogen-bond acceptors (Lipinski definition) is 3. The largest absolute Gasteiger partial charge is 0.379 e. The van der Waals surface area contributed by atoms with Crippen LogP contribution in [0.25, 0.3) is 0 Å². The van der Waals surface area contributed by atoms with Crippen LogP contribution in [0.5, 0.6) is 0 Å². The number of aromatic nitrogens is 1. The summed E-state index contributed by atoms with van der Waals surface area (Å²) in [7, 11) is 0. The van der Waals surface area contributed by atoms with E-state index in [2.05, 4.69) is 16.4 Å². The topological polar surface area (TPSA) is 46.3 Å². The zero-order valence-electron chi connectivity index (χ0n) is 8.66. The summed E-state index contributed by atoms with van der Waals surface area (Å²) in [5.74, 6) is 0. The normalized spacial score (nSPS) is 29.7. The van der Waals surface area contributed by atoms with Gasteiger partial charge in [-0.1, -0.05) is 0 Å². The second-order valence-electron chi connectivity index (χ2n) is 4.30.